The lowest BCUT2D eigenvalue weighted by Crippen LogP contribution is -2.17. The molecule has 106 valence electrons. The predicted octanol–water partition coefficient (Wildman–Crippen LogP) is 1.70. The summed E-state index contributed by atoms with van der Waals surface area (Å²) in [7, 11) is 1.55. The van der Waals surface area contributed by atoms with Crippen LogP contribution in [0.2, 0.25) is 0 Å². The van der Waals surface area contributed by atoms with Crippen LogP contribution in [0.25, 0.3) is 0 Å². The highest BCUT2D eigenvalue weighted by Crippen LogP contribution is 2.36. The Balaban J connectivity index is 1.75. The van der Waals surface area contributed by atoms with Gasteiger partial charge in [0.1, 0.15) is 0 Å². The molecule has 20 heavy (non-hydrogen) atoms. The van der Waals surface area contributed by atoms with Gasteiger partial charge < -0.3 is 14.4 Å². The van der Waals surface area contributed by atoms with Gasteiger partial charge >= 0.3 is 0 Å². The fraction of sp³-hybridized carbons (Fsp3) is 0.467. The van der Waals surface area contributed by atoms with Crippen LogP contribution >= 0.6 is 0 Å². The van der Waals surface area contributed by atoms with E-state index in [4.69, 9.17) is 9.26 Å². The summed E-state index contributed by atoms with van der Waals surface area (Å²) < 4.78 is 10.1. The third-order valence-electron chi connectivity index (χ3n) is 3.70. The molecule has 0 bridgehead atoms. The Morgan fingerprint density at radius 1 is 1.45 bits per heavy atom. The average molecular weight is 274 g/mol. The molecule has 0 fully saturated rings. The van der Waals surface area contributed by atoms with Crippen LogP contribution in [0.1, 0.15) is 35.2 Å². The molecule has 0 radical (unpaired) electrons. The van der Waals surface area contributed by atoms with Crippen LogP contribution in [0.4, 0.5) is 0 Å². The molecule has 1 N–H and O–H groups in total. The molecule has 5 nitrogen and oxygen atoms in total. The largest absolute Gasteiger partial charge is 0.390 e. The van der Waals surface area contributed by atoms with Crippen LogP contribution < -0.4 is 0 Å². The van der Waals surface area contributed by atoms with Crippen molar-refractivity contribution in [3.05, 3.63) is 47.1 Å². The van der Waals surface area contributed by atoms with Crippen LogP contribution in [-0.2, 0) is 17.6 Å². The first-order chi connectivity index (χ1) is 9.78. The Morgan fingerprint density at radius 3 is 3.15 bits per heavy atom. The standard InChI is InChI=1S/C15H18N2O3/c1-19-9-11(18)8-14-16-15(17-20-14)13-7-6-10-4-2-3-5-12(10)13/h2-5,11,13,18H,6-9H2,1H3. The maximum absolute atomic E-state index is 9.68. The lowest BCUT2D eigenvalue weighted by Gasteiger charge is -2.06. The van der Waals surface area contributed by atoms with E-state index in [0.29, 0.717) is 12.3 Å². The summed E-state index contributed by atoms with van der Waals surface area (Å²) in [5.74, 6) is 1.40. The third-order valence-corrected chi connectivity index (χ3v) is 3.70. The zero-order valence-corrected chi connectivity index (χ0v) is 11.5. The molecule has 0 saturated heterocycles. The number of methoxy groups -OCH3 is 1. The second kappa shape index (κ2) is 5.73. The highest BCUT2D eigenvalue weighted by Gasteiger charge is 2.27. The van der Waals surface area contributed by atoms with E-state index in [1.165, 1.54) is 11.1 Å². The minimum absolute atomic E-state index is 0.211. The molecule has 2 unspecified atom stereocenters. The molecule has 2 atom stereocenters. The smallest absolute Gasteiger partial charge is 0.229 e. The number of hydrogen-bond donors (Lipinski definition) is 1. The van der Waals surface area contributed by atoms with Gasteiger partial charge in [0.15, 0.2) is 5.82 Å². The molecular formula is C15H18N2O3. The molecule has 1 aliphatic rings. The van der Waals surface area contributed by atoms with Crippen LogP contribution in [-0.4, -0.2) is 35.1 Å². The number of nitrogens with zero attached hydrogens (tertiary/aromatic N) is 2. The van der Waals surface area contributed by atoms with Crippen molar-refractivity contribution >= 4 is 0 Å². The number of aliphatic hydroxyl groups excluding tert-OH is 1. The molecular weight excluding hydrogens is 256 g/mol. The van der Waals surface area contributed by atoms with Crippen molar-refractivity contribution in [2.45, 2.75) is 31.3 Å². The molecule has 1 aromatic heterocycles. The summed E-state index contributed by atoms with van der Waals surface area (Å²) in [6, 6.07) is 8.38. The van der Waals surface area contributed by atoms with Gasteiger partial charge in [-0.05, 0) is 24.0 Å². The predicted molar refractivity (Wildman–Crippen MR) is 72.5 cm³/mol. The second-order valence-corrected chi connectivity index (χ2v) is 5.15. The second-order valence-electron chi connectivity index (χ2n) is 5.15. The van der Waals surface area contributed by atoms with E-state index >= 15 is 0 Å². The summed E-state index contributed by atoms with van der Waals surface area (Å²) in [5, 5.41) is 13.8. The Kier molecular flexibility index (Phi) is 3.80. The van der Waals surface area contributed by atoms with Crippen molar-refractivity contribution in [1.82, 2.24) is 10.1 Å². The summed E-state index contributed by atoms with van der Waals surface area (Å²) in [6.45, 7) is 0.268. The van der Waals surface area contributed by atoms with Gasteiger partial charge in [0.05, 0.1) is 19.1 Å². The third kappa shape index (κ3) is 2.59. The maximum atomic E-state index is 9.68. The van der Waals surface area contributed by atoms with Crippen LogP contribution in [0.15, 0.2) is 28.8 Å². The number of hydrogen-bond acceptors (Lipinski definition) is 5. The first kappa shape index (κ1) is 13.3. The van der Waals surface area contributed by atoms with E-state index < -0.39 is 6.10 Å². The average Bonchev–Trinajstić information content (AvgIpc) is 3.05. The van der Waals surface area contributed by atoms with E-state index in [9.17, 15) is 5.11 Å². The first-order valence-corrected chi connectivity index (χ1v) is 6.85. The van der Waals surface area contributed by atoms with E-state index in [2.05, 4.69) is 28.3 Å². The minimum atomic E-state index is -0.607. The first-order valence-electron chi connectivity index (χ1n) is 6.85. The van der Waals surface area contributed by atoms with Gasteiger partial charge in [-0.15, -0.1) is 0 Å². The molecule has 1 heterocycles. The Hall–Kier alpha value is -1.72. The van der Waals surface area contributed by atoms with Gasteiger partial charge in [-0.1, -0.05) is 29.4 Å². The van der Waals surface area contributed by atoms with E-state index in [1.807, 2.05) is 6.07 Å². The lowest BCUT2D eigenvalue weighted by molar-refractivity contribution is 0.0599. The molecule has 1 aliphatic carbocycles. The quantitative estimate of drug-likeness (QED) is 0.898. The normalized spacial score (nSPS) is 19.0. The Labute approximate surface area is 117 Å². The monoisotopic (exact) mass is 274 g/mol. The number of aromatic nitrogens is 2. The van der Waals surface area contributed by atoms with E-state index in [0.717, 1.165) is 18.7 Å². The fourth-order valence-electron chi connectivity index (χ4n) is 2.77. The maximum Gasteiger partial charge on any atom is 0.229 e. The summed E-state index contributed by atoms with van der Waals surface area (Å²) in [5.41, 5.74) is 2.65. The summed E-state index contributed by atoms with van der Waals surface area (Å²) in [4.78, 5) is 4.42. The highest BCUT2D eigenvalue weighted by molar-refractivity contribution is 5.38. The number of rotatable bonds is 5. The molecule has 0 spiro atoms. The Bertz CT molecular complexity index is 582. The number of ether oxygens (including phenoxy) is 1. The summed E-state index contributed by atoms with van der Waals surface area (Å²) >= 11 is 0. The van der Waals surface area contributed by atoms with Gasteiger partial charge in [-0.25, -0.2) is 0 Å². The van der Waals surface area contributed by atoms with Crippen LogP contribution in [0, 0.1) is 0 Å². The summed E-state index contributed by atoms with van der Waals surface area (Å²) in [6.07, 6.45) is 1.79. The SMILES string of the molecule is COCC(O)Cc1nc(C2CCc3ccccc32)no1. The van der Waals surface area contributed by atoms with Crippen molar-refractivity contribution in [2.24, 2.45) is 0 Å². The van der Waals surface area contributed by atoms with E-state index in [1.54, 1.807) is 7.11 Å². The highest BCUT2D eigenvalue weighted by atomic mass is 16.5. The van der Waals surface area contributed by atoms with Gasteiger partial charge in [0.2, 0.25) is 5.89 Å². The van der Waals surface area contributed by atoms with E-state index in [-0.39, 0.29) is 12.5 Å². The van der Waals surface area contributed by atoms with Gasteiger partial charge in [0, 0.05) is 13.0 Å². The number of aliphatic hydroxyl groups is 1. The fourth-order valence-corrected chi connectivity index (χ4v) is 2.77. The zero-order valence-electron chi connectivity index (χ0n) is 11.5. The van der Waals surface area contributed by atoms with Crippen molar-refractivity contribution in [2.75, 3.05) is 13.7 Å². The molecule has 1 aromatic carbocycles. The van der Waals surface area contributed by atoms with Gasteiger partial charge in [0.25, 0.3) is 0 Å². The van der Waals surface area contributed by atoms with Crippen molar-refractivity contribution in [3.63, 3.8) is 0 Å². The number of benzene rings is 1. The molecule has 0 aliphatic heterocycles. The Morgan fingerprint density at radius 2 is 2.30 bits per heavy atom. The minimum Gasteiger partial charge on any atom is -0.390 e. The molecule has 2 aromatic rings. The van der Waals surface area contributed by atoms with Gasteiger partial charge in [-0.3, -0.25) is 0 Å². The van der Waals surface area contributed by atoms with Crippen LogP contribution in [0.3, 0.4) is 0 Å². The molecule has 0 saturated carbocycles. The van der Waals surface area contributed by atoms with Crippen molar-refractivity contribution in [1.29, 1.82) is 0 Å². The van der Waals surface area contributed by atoms with Gasteiger partial charge in [-0.2, -0.15) is 4.98 Å². The molecule has 5 heteroatoms. The molecule has 3 rings (SSSR count). The zero-order chi connectivity index (χ0) is 13.9. The number of aryl methyl sites for hydroxylation is 1. The number of fused-ring (bicyclic) bond motifs is 1. The van der Waals surface area contributed by atoms with Crippen LogP contribution in [0.5, 0.6) is 0 Å². The molecule has 0 amide bonds. The lowest BCUT2D eigenvalue weighted by atomic mass is 10.0. The van der Waals surface area contributed by atoms with Crippen molar-refractivity contribution in [3.8, 4) is 0 Å². The topological polar surface area (TPSA) is 68.4 Å². The van der Waals surface area contributed by atoms with Crippen molar-refractivity contribution < 1.29 is 14.4 Å².